The average Bonchev–Trinajstić information content (AvgIpc) is 3.01. The highest BCUT2D eigenvalue weighted by molar-refractivity contribution is 14.1. The number of rotatable bonds is 4. The summed E-state index contributed by atoms with van der Waals surface area (Å²) in [4.78, 5) is 23.6. The van der Waals surface area contributed by atoms with E-state index in [1.807, 2.05) is 24.3 Å². The fourth-order valence-corrected chi connectivity index (χ4v) is 5.43. The molecule has 134 valence electrons. The van der Waals surface area contributed by atoms with Crippen LogP contribution in [-0.2, 0) is 17.6 Å². The molecule has 0 saturated carbocycles. The zero-order valence-corrected chi connectivity index (χ0v) is 17.7. The molecule has 0 spiro atoms. The first-order chi connectivity index (χ1) is 12.6. The molecule has 0 saturated heterocycles. The summed E-state index contributed by atoms with van der Waals surface area (Å²) in [6.45, 7) is 0. The number of nitrogen functional groups attached to an aromatic ring is 1. The Bertz CT molecular complexity index is 971. The van der Waals surface area contributed by atoms with Crippen LogP contribution in [0.25, 0.3) is 10.2 Å². The number of fused-ring (bicyclic) bond motifs is 3. The van der Waals surface area contributed by atoms with Gasteiger partial charge >= 0.3 is 0 Å². The molecule has 2 aromatic heterocycles. The van der Waals surface area contributed by atoms with Gasteiger partial charge in [-0.2, -0.15) is 0 Å². The number of nitrogens with zero attached hydrogens (tertiary/aromatic N) is 2. The summed E-state index contributed by atoms with van der Waals surface area (Å²) < 4.78 is 1.13. The number of hydrogen-bond acceptors (Lipinski definition) is 6. The summed E-state index contributed by atoms with van der Waals surface area (Å²) in [7, 11) is 0. The van der Waals surface area contributed by atoms with Crippen LogP contribution in [0.1, 0.15) is 23.3 Å². The van der Waals surface area contributed by atoms with Crippen LogP contribution in [-0.4, -0.2) is 21.6 Å². The lowest BCUT2D eigenvalue weighted by Gasteiger charge is -2.10. The number of aryl methyl sites for hydroxylation is 2. The number of carbonyl (C=O) groups is 1. The summed E-state index contributed by atoms with van der Waals surface area (Å²) in [5, 5.41) is 4.47. The van der Waals surface area contributed by atoms with Gasteiger partial charge in [0.15, 0.2) is 5.16 Å². The van der Waals surface area contributed by atoms with Crippen molar-refractivity contribution in [3.05, 3.63) is 38.3 Å². The van der Waals surface area contributed by atoms with E-state index in [-0.39, 0.29) is 11.7 Å². The molecule has 3 aromatic rings. The maximum Gasteiger partial charge on any atom is 0.234 e. The van der Waals surface area contributed by atoms with Crippen molar-refractivity contribution < 1.29 is 4.79 Å². The quantitative estimate of drug-likeness (QED) is 0.316. The molecule has 1 aliphatic carbocycles. The molecule has 0 radical (unpaired) electrons. The van der Waals surface area contributed by atoms with Gasteiger partial charge in [0.1, 0.15) is 10.6 Å². The molecule has 2 heterocycles. The van der Waals surface area contributed by atoms with E-state index >= 15 is 0 Å². The van der Waals surface area contributed by atoms with Crippen molar-refractivity contribution in [2.75, 3.05) is 16.8 Å². The van der Waals surface area contributed by atoms with Crippen LogP contribution in [0.4, 0.5) is 11.5 Å². The highest BCUT2D eigenvalue weighted by atomic mass is 127. The van der Waals surface area contributed by atoms with E-state index < -0.39 is 0 Å². The number of thioether (sulfide) groups is 1. The van der Waals surface area contributed by atoms with Crippen molar-refractivity contribution in [1.82, 2.24) is 9.97 Å². The molecule has 1 aromatic carbocycles. The van der Waals surface area contributed by atoms with E-state index in [2.05, 4.69) is 37.9 Å². The second-order valence-electron chi connectivity index (χ2n) is 6.13. The Kier molecular flexibility index (Phi) is 5.32. The van der Waals surface area contributed by atoms with Crippen molar-refractivity contribution in [2.24, 2.45) is 0 Å². The Morgan fingerprint density at radius 3 is 2.81 bits per heavy atom. The van der Waals surface area contributed by atoms with Gasteiger partial charge in [-0.05, 0) is 78.1 Å². The Morgan fingerprint density at radius 2 is 2.00 bits per heavy atom. The minimum absolute atomic E-state index is 0.0797. The van der Waals surface area contributed by atoms with Crippen LogP contribution in [0, 0.1) is 3.57 Å². The van der Waals surface area contributed by atoms with Crippen molar-refractivity contribution in [3.63, 3.8) is 0 Å². The van der Waals surface area contributed by atoms with Crippen LogP contribution >= 0.6 is 45.7 Å². The maximum absolute atomic E-state index is 12.2. The third-order valence-corrected chi connectivity index (χ3v) is 7.03. The monoisotopic (exact) mass is 496 g/mol. The third kappa shape index (κ3) is 3.81. The minimum atomic E-state index is -0.0797. The topological polar surface area (TPSA) is 80.9 Å². The van der Waals surface area contributed by atoms with Gasteiger partial charge in [0, 0.05) is 14.1 Å². The molecule has 0 aliphatic heterocycles. The number of hydrogen-bond donors (Lipinski definition) is 2. The van der Waals surface area contributed by atoms with Gasteiger partial charge in [0.2, 0.25) is 5.91 Å². The Balaban J connectivity index is 1.47. The van der Waals surface area contributed by atoms with Crippen LogP contribution in [0.3, 0.4) is 0 Å². The number of amides is 1. The summed E-state index contributed by atoms with van der Waals surface area (Å²) >= 11 is 5.27. The molecule has 0 unspecified atom stereocenters. The molecule has 0 bridgehead atoms. The van der Waals surface area contributed by atoms with Crippen molar-refractivity contribution in [2.45, 2.75) is 30.8 Å². The lowest BCUT2D eigenvalue weighted by atomic mass is 9.97. The number of nitrogens with two attached hydrogens (primary N) is 1. The van der Waals surface area contributed by atoms with E-state index in [1.54, 1.807) is 11.3 Å². The van der Waals surface area contributed by atoms with Crippen LogP contribution in [0.2, 0.25) is 0 Å². The summed E-state index contributed by atoms with van der Waals surface area (Å²) in [6, 6.07) is 7.70. The van der Waals surface area contributed by atoms with Gasteiger partial charge in [-0.25, -0.2) is 9.97 Å². The van der Waals surface area contributed by atoms with Crippen molar-refractivity contribution in [3.8, 4) is 0 Å². The lowest BCUT2D eigenvalue weighted by molar-refractivity contribution is -0.113. The number of benzene rings is 1. The van der Waals surface area contributed by atoms with Crippen molar-refractivity contribution in [1.29, 1.82) is 0 Å². The number of thiophene rings is 1. The van der Waals surface area contributed by atoms with E-state index in [0.29, 0.717) is 11.0 Å². The fraction of sp³-hybridized carbons (Fsp3) is 0.278. The van der Waals surface area contributed by atoms with Gasteiger partial charge in [0.25, 0.3) is 0 Å². The number of halogens is 1. The molecule has 3 N–H and O–H groups in total. The molecule has 26 heavy (non-hydrogen) atoms. The SMILES string of the molecule is Nc1nc(SCC(=O)Nc2ccc(I)cc2)nc2sc3c(c12)CCCC3. The second kappa shape index (κ2) is 7.69. The van der Waals surface area contributed by atoms with Gasteiger partial charge < -0.3 is 11.1 Å². The second-order valence-corrected chi connectivity index (χ2v) is 9.40. The maximum atomic E-state index is 12.2. The van der Waals surface area contributed by atoms with Gasteiger partial charge in [-0.1, -0.05) is 11.8 Å². The van der Waals surface area contributed by atoms with E-state index in [1.165, 1.54) is 35.0 Å². The van der Waals surface area contributed by atoms with Gasteiger partial charge in [-0.3, -0.25) is 4.79 Å². The number of carbonyl (C=O) groups excluding carboxylic acids is 1. The summed E-state index contributed by atoms with van der Waals surface area (Å²) in [6.07, 6.45) is 4.60. The molecule has 5 nitrogen and oxygen atoms in total. The molecule has 8 heteroatoms. The predicted octanol–water partition coefficient (Wildman–Crippen LogP) is 4.49. The lowest BCUT2D eigenvalue weighted by Crippen LogP contribution is -2.14. The first-order valence-electron chi connectivity index (χ1n) is 8.36. The fourth-order valence-electron chi connectivity index (χ4n) is 3.09. The predicted molar refractivity (Wildman–Crippen MR) is 117 cm³/mol. The molecular weight excluding hydrogens is 479 g/mol. The first-order valence-corrected chi connectivity index (χ1v) is 11.2. The molecule has 1 amide bonds. The minimum Gasteiger partial charge on any atom is -0.383 e. The van der Waals surface area contributed by atoms with Gasteiger partial charge in [0.05, 0.1) is 11.1 Å². The zero-order valence-electron chi connectivity index (χ0n) is 13.9. The molecule has 0 atom stereocenters. The molecule has 0 fully saturated rings. The highest BCUT2D eigenvalue weighted by Gasteiger charge is 2.20. The Labute approximate surface area is 173 Å². The molecular formula is C18H17IN4OS2. The van der Waals surface area contributed by atoms with Crippen LogP contribution in [0.5, 0.6) is 0 Å². The van der Waals surface area contributed by atoms with Crippen molar-refractivity contribution >= 4 is 73.3 Å². The summed E-state index contributed by atoms with van der Waals surface area (Å²) in [5.74, 6) is 0.709. The number of anilines is 2. The Hall–Kier alpha value is -1.39. The standard InChI is InChI=1S/C18H17IN4OS2/c19-10-5-7-11(8-6-10)21-14(24)9-25-18-22-16(20)15-12-3-1-2-4-13(12)26-17(15)23-18/h5-8H,1-4,9H2,(H,21,24)(H2,20,22,23). The van der Waals surface area contributed by atoms with E-state index in [9.17, 15) is 4.79 Å². The number of nitrogens with one attached hydrogen (secondary N) is 1. The normalized spacial score (nSPS) is 13.6. The van der Waals surface area contributed by atoms with Crippen LogP contribution in [0.15, 0.2) is 29.4 Å². The van der Waals surface area contributed by atoms with E-state index in [4.69, 9.17) is 5.73 Å². The molecule has 1 aliphatic rings. The smallest absolute Gasteiger partial charge is 0.234 e. The zero-order chi connectivity index (χ0) is 18.1. The van der Waals surface area contributed by atoms with Gasteiger partial charge in [-0.15, -0.1) is 11.3 Å². The third-order valence-electron chi connectivity index (χ3n) is 4.28. The summed E-state index contributed by atoms with van der Waals surface area (Å²) in [5.41, 5.74) is 8.34. The van der Waals surface area contributed by atoms with Crippen LogP contribution < -0.4 is 11.1 Å². The first kappa shape index (κ1) is 18.0. The largest absolute Gasteiger partial charge is 0.383 e. The Morgan fingerprint density at radius 1 is 1.23 bits per heavy atom. The van der Waals surface area contributed by atoms with E-state index in [0.717, 1.165) is 32.3 Å². The highest BCUT2D eigenvalue weighted by Crippen LogP contribution is 2.38. The number of aromatic nitrogens is 2. The molecule has 4 rings (SSSR count). The average molecular weight is 496 g/mol.